The first-order valence-corrected chi connectivity index (χ1v) is 6.29. The van der Waals surface area contributed by atoms with Crippen molar-refractivity contribution in [3.63, 3.8) is 0 Å². The average molecular weight is 232 g/mol. The summed E-state index contributed by atoms with van der Waals surface area (Å²) in [5, 5.41) is 8.37. The van der Waals surface area contributed by atoms with E-state index in [1.54, 1.807) is 18.7 Å². The van der Waals surface area contributed by atoms with Crippen LogP contribution >= 0.6 is 24.4 Å². The number of hydrogen-bond donors (Lipinski definition) is 1. The molecule has 14 heavy (non-hydrogen) atoms. The monoisotopic (exact) mass is 232 g/mol. The summed E-state index contributed by atoms with van der Waals surface area (Å²) in [5.74, 6) is 3.75. The van der Waals surface area contributed by atoms with Gasteiger partial charge in [0, 0.05) is 12.7 Å². The van der Waals surface area contributed by atoms with Crippen molar-refractivity contribution in [3.05, 3.63) is 5.89 Å². The fourth-order valence-electron chi connectivity index (χ4n) is 0.971. The highest BCUT2D eigenvalue weighted by atomic mass is 32.2. The van der Waals surface area contributed by atoms with Crippen molar-refractivity contribution in [3.8, 4) is 0 Å². The number of hydrogen-bond acceptors (Lipinski definition) is 5. The number of rotatable bonds is 5. The normalized spacial score (nSPS) is 13.5. The molecule has 1 aromatic rings. The van der Waals surface area contributed by atoms with Gasteiger partial charge in [-0.3, -0.25) is 0 Å². The van der Waals surface area contributed by atoms with Crippen LogP contribution in [0, 0.1) is 18.8 Å². The van der Waals surface area contributed by atoms with E-state index >= 15 is 0 Å². The average Bonchev–Trinajstić information content (AvgIpc) is 2.52. The Morgan fingerprint density at radius 1 is 1.43 bits per heavy atom. The number of nitrogens with zero attached hydrogens (tertiary/aromatic N) is 2. The molecule has 1 rings (SSSR count). The maximum atomic E-state index is 5.27. The zero-order chi connectivity index (χ0) is 10.6. The highest BCUT2D eigenvalue weighted by Crippen LogP contribution is 2.23. The maximum absolute atomic E-state index is 5.27. The van der Waals surface area contributed by atoms with E-state index in [9.17, 15) is 0 Å². The summed E-state index contributed by atoms with van der Waals surface area (Å²) < 4.78 is 5.27. The van der Waals surface area contributed by atoms with Crippen LogP contribution < -0.4 is 0 Å². The summed E-state index contributed by atoms with van der Waals surface area (Å²) in [5.41, 5.74) is 0. The topological polar surface area (TPSA) is 38.9 Å². The standard InChI is InChI=1S/C9H16N2OS2/c1-6(2)8(4-13)5-14-9-11-10-7(3)12-9/h6,8,13H,4-5H2,1-3H3. The van der Waals surface area contributed by atoms with E-state index in [-0.39, 0.29) is 0 Å². The zero-order valence-electron chi connectivity index (χ0n) is 8.73. The molecule has 1 aromatic heterocycles. The molecule has 1 heterocycles. The third kappa shape index (κ3) is 3.53. The highest BCUT2D eigenvalue weighted by Gasteiger charge is 2.13. The van der Waals surface area contributed by atoms with E-state index < -0.39 is 0 Å². The van der Waals surface area contributed by atoms with Crippen molar-refractivity contribution < 1.29 is 4.42 Å². The van der Waals surface area contributed by atoms with Crippen molar-refractivity contribution in [2.75, 3.05) is 11.5 Å². The molecule has 0 bridgehead atoms. The van der Waals surface area contributed by atoms with Gasteiger partial charge in [-0.2, -0.15) is 12.6 Å². The van der Waals surface area contributed by atoms with Crippen molar-refractivity contribution in [1.29, 1.82) is 0 Å². The first-order chi connectivity index (χ1) is 6.63. The molecule has 0 radical (unpaired) electrons. The van der Waals surface area contributed by atoms with Crippen molar-refractivity contribution in [1.82, 2.24) is 10.2 Å². The van der Waals surface area contributed by atoms with Gasteiger partial charge < -0.3 is 4.42 Å². The van der Waals surface area contributed by atoms with Gasteiger partial charge in [-0.15, -0.1) is 10.2 Å². The van der Waals surface area contributed by atoms with Crippen LogP contribution in [0.3, 0.4) is 0 Å². The summed E-state index contributed by atoms with van der Waals surface area (Å²) in [6, 6.07) is 0. The molecule has 0 aliphatic rings. The Morgan fingerprint density at radius 2 is 2.14 bits per heavy atom. The van der Waals surface area contributed by atoms with E-state index in [0.29, 0.717) is 22.9 Å². The molecule has 1 unspecified atom stereocenters. The largest absolute Gasteiger partial charge is 0.416 e. The summed E-state index contributed by atoms with van der Waals surface area (Å²) in [6.45, 7) is 6.22. The van der Waals surface area contributed by atoms with Crippen LogP contribution in [0.15, 0.2) is 9.64 Å². The molecule has 0 aliphatic heterocycles. The van der Waals surface area contributed by atoms with E-state index in [4.69, 9.17) is 4.42 Å². The number of thioether (sulfide) groups is 1. The molecule has 5 heteroatoms. The quantitative estimate of drug-likeness (QED) is 0.626. The lowest BCUT2D eigenvalue weighted by atomic mass is 10.0. The molecule has 0 spiro atoms. The second kappa shape index (κ2) is 5.66. The Morgan fingerprint density at radius 3 is 2.57 bits per heavy atom. The summed E-state index contributed by atoms with van der Waals surface area (Å²) in [6.07, 6.45) is 0. The second-order valence-electron chi connectivity index (χ2n) is 3.58. The molecule has 3 nitrogen and oxygen atoms in total. The van der Waals surface area contributed by atoms with E-state index in [1.807, 2.05) is 0 Å². The Kier molecular flexibility index (Phi) is 4.81. The van der Waals surface area contributed by atoms with Crippen molar-refractivity contribution in [2.45, 2.75) is 26.0 Å². The summed E-state index contributed by atoms with van der Waals surface area (Å²) >= 11 is 5.94. The highest BCUT2D eigenvalue weighted by molar-refractivity contribution is 7.99. The Balaban J connectivity index is 2.39. The lowest BCUT2D eigenvalue weighted by Crippen LogP contribution is -2.13. The molecule has 80 valence electrons. The summed E-state index contributed by atoms with van der Waals surface area (Å²) in [7, 11) is 0. The third-order valence-corrected chi connectivity index (χ3v) is 3.58. The third-order valence-electron chi connectivity index (χ3n) is 2.11. The minimum absolute atomic E-state index is 0.593. The number of aryl methyl sites for hydroxylation is 1. The first-order valence-electron chi connectivity index (χ1n) is 4.67. The van der Waals surface area contributed by atoms with Gasteiger partial charge in [-0.05, 0) is 17.6 Å². The van der Waals surface area contributed by atoms with Crippen LogP contribution in [0.1, 0.15) is 19.7 Å². The van der Waals surface area contributed by atoms with Gasteiger partial charge in [0.05, 0.1) is 0 Å². The van der Waals surface area contributed by atoms with Gasteiger partial charge in [0.2, 0.25) is 5.89 Å². The van der Waals surface area contributed by atoms with Crippen molar-refractivity contribution in [2.24, 2.45) is 11.8 Å². The Bertz CT molecular complexity index is 276. The smallest absolute Gasteiger partial charge is 0.276 e. The molecule has 0 saturated carbocycles. The second-order valence-corrected chi connectivity index (χ2v) is 4.92. The van der Waals surface area contributed by atoms with Crippen LogP contribution in [-0.4, -0.2) is 21.7 Å². The van der Waals surface area contributed by atoms with Gasteiger partial charge in [0.25, 0.3) is 5.22 Å². The molecule has 0 aliphatic carbocycles. The van der Waals surface area contributed by atoms with Crippen LogP contribution in [-0.2, 0) is 0 Å². The lowest BCUT2D eigenvalue weighted by Gasteiger charge is -2.16. The van der Waals surface area contributed by atoms with Crippen molar-refractivity contribution >= 4 is 24.4 Å². The lowest BCUT2D eigenvalue weighted by molar-refractivity contribution is 0.425. The number of thiol groups is 1. The van der Waals surface area contributed by atoms with Gasteiger partial charge in [-0.25, -0.2) is 0 Å². The Hall–Kier alpha value is -0.160. The molecule has 0 amide bonds. The van der Waals surface area contributed by atoms with Gasteiger partial charge >= 0.3 is 0 Å². The molecular weight excluding hydrogens is 216 g/mol. The molecule has 0 fully saturated rings. The minimum atomic E-state index is 0.593. The van der Waals surface area contributed by atoms with E-state index in [1.165, 1.54) is 0 Å². The first kappa shape index (κ1) is 11.9. The number of aromatic nitrogens is 2. The molecule has 1 atom stereocenters. The van der Waals surface area contributed by atoms with Crippen LogP contribution in [0.25, 0.3) is 0 Å². The predicted octanol–water partition coefficient (Wildman–Crippen LogP) is 2.67. The van der Waals surface area contributed by atoms with E-state index in [0.717, 1.165) is 11.5 Å². The maximum Gasteiger partial charge on any atom is 0.276 e. The fourth-order valence-corrected chi connectivity index (χ4v) is 2.83. The fraction of sp³-hybridized carbons (Fsp3) is 0.778. The van der Waals surface area contributed by atoms with Gasteiger partial charge in [-0.1, -0.05) is 25.6 Å². The van der Waals surface area contributed by atoms with Gasteiger partial charge in [0.15, 0.2) is 0 Å². The molecule has 0 N–H and O–H groups in total. The van der Waals surface area contributed by atoms with Crippen LogP contribution in [0.4, 0.5) is 0 Å². The molecular formula is C9H16N2OS2. The molecule has 0 aromatic carbocycles. The Labute approximate surface area is 94.5 Å². The zero-order valence-corrected chi connectivity index (χ0v) is 10.4. The van der Waals surface area contributed by atoms with Gasteiger partial charge in [0.1, 0.15) is 0 Å². The van der Waals surface area contributed by atoms with Crippen LogP contribution in [0.2, 0.25) is 0 Å². The van der Waals surface area contributed by atoms with Crippen LogP contribution in [0.5, 0.6) is 0 Å². The molecule has 0 saturated heterocycles. The van der Waals surface area contributed by atoms with E-state index in [2.05, 4.69) is 36.7 Å². The summed E-state index contributed by atoms with van der Waals surface area (Å²) in [4.78, 5) is 0. The predicted molar refractivity (Wildman–Crippen MR) is 61.9 cm³/mol. The SMILES string of the molecule is Cc1nnc(SCC(CS)C(C)C)o1. The minimum Gasteiger partial charge on any atom is -0.416 e.